The van der Waals surface area contributed by atoms with Crippen molar-refractivity contribution in [3.05, 3.63) is 54.4 Å². The van der Waals surface area contributed by atoms with Gasteiger partial charge in [-0.15, -0.1) is 0 Å². The van der Waals surface area contributed by atoms with Gasteiger partial charge >= 0.3 is 10.1 Å². The summed E-state index contributed by atoms with van der Waals surface area (Å²) in [7, 11) is -2.41. The third-order valence-electron chi connectivity index (χ3n) is 3.19. The van der Waals surface area contributed by atoms with Crippen LogP contribution in [0, 0.1) is 6.92 Å². The molecular weight excluding hydrogens is 332 g/mol. The Morgan fingerprint density at radius 1 is 0.958 bits per heavy atom. The molecule has 0 aliphatic heterocycles. The van der Waals surface area contributed by atoms with Crippen LogP contribution in [0.3, 0.4) is 0 Å². The number of benzene rings is 2. The van der Waals surface area contributed by atoms with Gasteiger partial charge in [0.15, 0.2) is 0 Å². The largest absolute Gasteiger partial charge is 0.497 e. The predicted octanol–water partition coefficient (Wildman–Crippen LogP) is 2.82. The summed E-state index contributed by atoms with van der Waals surface area (Å²) in [6.45, 7) is 1.69. The molecule has 0 aliphatic rings. The van der Waals surface area contributed by atoms with Crippen LogP contribution in [0.15, 0.2) is 57.9 Å². The van der Waals surface area contributed by atoms with E-state index in [4.69, 9.17) is 13.4 Å². The van der Waals surface area contributed by atoms with Crippen LogP contribution in [-0.2, 0) is 10.1 Å². The highest BCUT2D eigenvalue weighted by Crippen LogP contribution is 2.23. The molecule has 0 saturated heterocycles. The summed E-state index contributed by atoms with van der Waals surface area (Å²) in [6, 6.07) is 12.3. The summed E-state index contributed by atoms with van der Waals surface area (Å²) in [5, 5.41) is 3.80. The van der Waals surface area contributed by atoms with Gasteiger partial charge in [0.25, 0.3) is 0 Å². The number of methoxy groups -OCH3 is 1. The second kappa shape index (κ2) is 6.32. The van der Waals surface area contributed by atoms with Gasteiger partial charge in [-0.1, -0.05) is 5.16 Å². The lowest BCUT2D eigenvalue weighted by atomic mass is 10.2. The second-order valence-electron chi connectivity index (χ2n) is 4.87. The van der Waals surface area contributed by atoms with E-state index in [2.05, 4.69) is 10.1 Å². The lowest BCUT2D eigenvalue weighted by Gasteiger charge is -2.08. The summed E-state index contributed by atoms with van der Waals surface area (Å²) in [4.78, 5) is 4.14. The number of aryl methyl sites for hydroxylation is 1. The molecule has 8 heteroatoms. The van der Waals surface area contributed by atoms with Gasteiger partial charge in [-0.25, -0.2) is 0 Å². The van der Waals surface area contributed by atoms with E-state index in [1.165, 1.54) is 31.4 Å². The van der Waals surface area contributed by atoms with Gasteiger partial charge in [0.2, 0.25) is 11.7 Å². The lowest BCUT2D eigenvalue weighted by molar-refractivity contribution is 0.394. The Labute approximate surface area is 139 Å². The zero-order valence-electron chi connectivity index (χ0n) is 13.0. The summed E-state index contributed by atoms with van der Waals surface area (Å²) in [5.74, 6) is 1.63. The van der Waals surface area contributed by atoms with Gasteiger partial charge in [-0.3, -0.25) is 0 Å². The average Bonchev–Trinajstić information content (AvgIpc) is 3.02. The molecule has 124 valence electrons. The molecule has 1 heterocycles. The summed E-state index contributed by atoms with van der Waals surface area (Å²) >= 11 is 0. The topological polar surface area (TPSA) is 91.5 Å². The molecule has 24 heavy (non-hydrogen) atoms. The highest BCUT2D eigenvalue weighted by atomic mass is 32.2. The van der Waals surface area contributed by atoms with Crippen molar-refractivity contribution in [3.63, 3.8) is 0 Å². The minimum atomic E-state index is -3.92. The Hall–Kier alpha value is -2.87. The smallest absolute Gasteiger partial charge is 0.339 e. The lowest BCUT2D eigenvalue weighted by Crippen LogP contribution is -2.09. The maximum absolute atomic E-state index is 12.3. The van der Waals surface area contributed by atoms with E-state index in [0.717, 1.165) is 0 Å². The zero-order chi connectivity index (χ0) is 17.2. The Balaban J connectivity index is 1.79. The summed E-state index contributed by atoms with van der Waals surface area (Å²) in [5.41, 5.74) is 0.695. The van der Waals surface area contributed by atoms with Crippen molar-refractivity contribution < 1.29 is 21.9 Å². The molecule has 0 aliphatic carbocycles. The first kappa shape index (κ1) is 16.0. The molecule has 1 aromatic heterocycles. The van der Waals surface area contributed by atoms with Gasteiger partial charge in [0.1, 0.15) is 16.4 Å². The van der Waals surface area contributed by atoms with Crippen molar-refractivity contribution in [2.75, 3.05) is 7.11 Å². The molecule has 0 unspecified atom stereocenters. The Bertz CT molecular complexity index is 931. The van der Waals surface area contributed by atoms with E-state index in [1.807, 2.05) is 0 Å². The quantitative estimate of drug-likeness (QED) is 0.656. The van der Waals surface area contributed by atoms with Crippen LogP contribution in [0.5, 0.6) is 11.5 Å². The van der Waals surface area contributed by atoms with Gasteiger partial charge in [-0.05, 0) is 48.5 Å². The van der Waals surface area contributed by atoms with Crippen LogP contribution in [-0.4, -0.2) is 25.7 Å². The maximum atomic E-state index is 12.3. The second-order valence-corrected chi connectivity index (χ2v) is 6.42. The fourth-order valence-corrected chi connectivity index (χ4v) is 2.92. The van der Waals surface area contributed by atoms with Crippen molar-refractivity contribution in [3.8, 4) is 22.9 Å². The van der Waals surface area contributed by atoms with Gasteiger partial charge in [0.05, 0.1) is 7.11 Å². The van der Waals surface area contributed by atoms with E-state index in [0.29, 0.717) is 23.0 Å². The molecule has 0 saturated carbocycles. The van der Waals surface area contributed by atoms with E-state index >= 15 is 0 Å². The monoisotopic (exact) mass is 346 g/mol. The molecule has 3 aromatic rings. The highest BCUT2D eigenvalue weighted by molar-refractivity contribution is 7.87. The van der Waals surface area contributed by atoms with Crippen molar-refractivity contribution in [2.45, 2.75) is 11.8 Å². The number of nitrogens with zero attached hydrogens (tertiary/aromatic N) is 2. The Morgan fingerprint density at radius 2 is 1.58 bits per heavy atom. The number of ether oxygens (including phenoxy) is 1. The maximum Gasteiger partial charge on any atom is 0.339 e. The molecule has 0 N–H and O–H groups in total. The van der Waals surface area contributed by atoms with Crippen LogP contribution in [0.25, 0.3) is 11.4 Å². The molecule has 2 aromatic carbocycles. The van der Waals surface area contributed by atoms with E-state index in [-0.39, 0.29) is 10.6 Å². The molecule has 7 nitrogen and oxygen atoms in total. The van der Waals surface area contributed by atoms with Crippen molar-refractivity contribution >= 4 is 10.1 Å². The first-order valence-electron chi connectivity index (χ1n) is 6.97. The van der Waals surface area contributed by atoms with Crippen LogP contribution >= 0.6 is 0 Å². The molecule has 0 fully saturated rings. The van der Waals surface area contributed by atoms with E-state index < -0.39 is 10.1 Å². The standard InChI is InChI=1S/C16H14N2O5S/c1-11-17-16(18-22-11)12-3-5-14(6-4-12)23-24(19,20)15-9-7-13(21-2)8-10-15/h3-10H,1-2H3. The minimum Gasteiger partial charge on any atom is -0.497 e. The SMILES string of the molecule is COc1ccc(S(=O)(=O)Oc2ccc(-c3noc(C)n3)cc2)cc1. The summed E-state index contributed by atoms with van der Waals surface area (Å²) < 4.78 is 39.5. The van der Waals surface area contributed by atoms with Crippen LogP contribution in [0.4, 0.5) is 0 Å². The summed E-state index contributed by atoms with van der Waals surface area (Å²) in [6.07, 6.45) is 0. The van der Waals surface area contributed by atoms with Gasteiger partial charge in [-0.2, -0.15) is 13.4 Å². The Kier molecular flexibility index (Phi) is 4.22. The molecule has 0 spiro atoms. The van der Waals surface area contributed by atoms with E-state index in [9.17, 15) is 8.42 Å². The molecule has 0 atom stereocenters. The van der Waals surface area contributed by atoms with E-state index in [1.54, 1.807) is 31.2 Å². The van der Waals surface area contributed by atoms with Crippen LogP contribution in [0.2, 0.25) is 0 Å². The third kappa shape index (κ3) is 3.38. The molecule has 0 amide bonds. The van der Waals surface area contributed by atoms with Gasteiger partial charge in [0, 0.05) is 12.5 Å². The van der Waals surface area contributed by atoms with Crippen LogP contribution in [0.1, 0.15) is 5.89 Å². The number of aromatic nitrogens is 2. The average molecular weight is 346 g/mol. The first-order valence-corrected chi connectivity index (χ1v) is 8.38. The minimum absolute atomic E-state index is 0.0427. The molecular formula is C16H14N2O5S. The fraction of sp³-hybridized carbons (Fsp3) is 0.125. The Morgan fingerprint density at radius 3 is 2.12 bits per heavy atom. The molecule has 3 rings (SSSR count). The van der Waals surface area contributed by atoms with Crippen LogP contribution < -0.4 is 8.92 Å². The zero-order valence-corrected chi connectivity index (χ0v) is 13.8. The molecule has 0 radical (unpaired) electrons. The highest BCUT2D eigenvalue weighted by Gasteiger charge is 2.17. The van der Waals surface area contributed by atoms with Crippen molar-refractivity contribution in [2.24, 2.45) is 0 Å². The number of hydrogen-bond acceptors (Lipinski definition) is 7. The fourth-order valence-electron chi connectivity index (χ4n) is 1.99. The normalized spacial score (nSPS) is 11.2. The predicted molar refractivity (Wildman–Crippen MR) is 85.3 cm³/mol. The van der Waals surface area contributed by atoms with Crippen molar-refractivity contribution in [1.29, 1.82) is 0 Å². The number of rotatable bonds is 5. The van der Waals surface area contributed by atoms with Crippen molar-refractivity contribution in [1.82, 2.24) is 10.1 Å². The number of hydrogen-bond donors (Lipinski definition) is 0. The molecule has 0 bridgehead atoms. The van der Waals surface area contributed by atoms with Gasteiger partial charge < -0.3 is 13.4 Å². The first-order chi connectivity index (χ1) is 11.5. The third-order valence-corrected chi connectivity index (χ3v) is 4.46.